The fraction of sp³-hybridized carbons (Fsp3) is 0.333. The summed E-state index contributed by atoms with van der Waals surface area (Å²) in [5.41, 5.74) is 0.768. The lowest BCUT2D eigenvalue weighted by molar-refractivity contribution is -0.899. The summed E-state index contributed by atoms with van der Waals surface area (Å²) in [6, 6.07) is 19.8. The summed E-state index contributed by atoms with van der Waals surface area (Å²) in [5.74, 6) is 0. The Kier molecular flexibility index (Phi) is 5.27. The first-order chi connectivity index (χ1) is 11.3. The lowest BCUT2D eigenvalue weighted by Gasteiger charge is -2.27. The predicted octanol–water partition coefficient (Wildman–Crippen LogP) is 2.55. The van der Waals surface area contributed by atoms with Crippen LogP contribution < -0.4 is 4.90 Å². The number of nitrogens with one attached hydrogen (secondary N) is 1. The van der Waals surface area contributed by atoms with Gasteiger partial charge in [-0.3, -0.25) is 0 Å². The van der Waals surface area contributed by atoms with Crippen molar-refractivity contribution in [2.75, 3.05) is 19.6 Å². The van der Waals surface area contributed by atoms with Gasteiger partial charge in [0.15, 0.2) is 0 Å². The normalized spacial score (nSPS) is 16.7. The van der Waals surface area contributed by atoms with E-state index in [-0.39, 0.29) is 0 Å². The Morgan fingerprint density at radius 3 is 1.87 bits per heavy atom. The topological polar surface area (TPSA) is 24.7 Å². The number of piperidine rings is 1. The highest BCUT2D eigenvalue weighted by molar-refractivity contribution is 5.40. The highest BCUT2D eigenvalue weighted by atomic mass is 16.3. The van der Waals surface area contributed by atoms with Crippen molar-refractivity contribution in [1.82, 2.24) is 0 Å². The second kappa shape index (κ2) is 7.58. The van der Waals surface area contributed by atoms with Crippen LogP contribution in [0.25, 0.3) is 0 Å². The van der Waals surface area contributed by atoms with Crippen molar-refractivity contribution in [2.24, 2.45) is 0 Å². The molecule has 23 heavy (non-hydrogen) atoms. The van der Waals surface area contributed by atoms with Gasteiger partial charge in [0, 0.05) is 0 Å². The monoisotopic (exact) mass is 308 g/mol. The molecule has 1 saturated heterocycles. The van der Waals surface area contributed by atoms with Crippen LogP contribution in [0.4, 0.5) is 0 Å². The molecule has 0 saturated carbocycles. The van der Waals surface area contributed by atoms with Gasteiger partial charge < -0.3 is 10.0 Å². The van der Waals surface area contributed by atoms with E-state index in [1.807, 2.05) is 66.7 Å². The van der Waals surface area contributed by atoms with Gasteiger partial charge in [-0.25, -0.2) is 0 Å². The van der Waals surface area contributed by atoms with Crippen molar-refractivity contribution in [3.63, 3.8) is 0 Å². The third-order valence-corrected chi connectivity index (χ3v) is 4.75. The molecule has 3 rings (SSSR count). The van der Waals surface area contributed by atoms with E-state index < -0.39 is 5.60 Å². The summed E-state index contributed by atoms with van der Waals surface area (Å²) >= 11 is 0. The van der Waals surface area contributed by atoms with Crippen LogP contribution in [-0.2, 0) is 5.60 Å². The first kappa shape index (κ1) is 16.0. The molecule has 1 aliphatic rings. The first-order valence-electron chi connectivity index (χ1n) is 8.64. The Bertz CT molecular complexity index is 575. The van der Waals surface area contributed by atoms with Crippen molar-refractivity contribution in [3.8, 4) is 0 Å². The van der Waals surface area contributed by atoms with Gasteiger partial charge in [0.1, 0.15) is 5.60 Å². The molecule has 2 aromatic rings. The molecule has 1 fully saturated rings. The minimum Gasteiger partial charge on any atom is -0.377 e. The molecule has 0 bridgehead atoms. The van der Waals surface area contributed by atoms with E-state index in [0.717, 1.165) is 17.7 Å². The second-order valence-electron chi connectivity index (χ2n) is 6.42. The molecule has 2 nitrogen and oxygen atoms in total. The maximum absolute atomic E-state index is 11.4. The minimum atomic E-state index is -1.06. The second-order valence-corrected chi connectivity index (χ2v) is 6.42. The summed E-state index contributed by atoms with van der Waals surface area (Å²) in [5, 5.41) is 11.4. The van der Waals surface area contributed by atoms with Gasteiger partial charge in [0.25, 0.3) is 0 Å². The summed E-state index contributed by atoms with van der Waals surface area (Å²) in [7, 11) is 0. The molecule has 0 radical (unpaired) electrons. The number of benzene rings is 2. The molecule has 2 N–H and O–H groups in total. The van der Waals surface area contributed by atoms with Crippen LogP contribution in [0, 0.1) is 0 Å². The number of hydrogen-bond acceptors (Lipinski definition) is 1. The van der Waals surface area contributed by atoms with Crippen LogP contribution in [0.2, 0.25) is 0 Å². The van der Waals surface area contributed by atoms with Gasteiger partial charge >= 0.3 is 0 Å². The molecule has 1 heterocycles. The SMILES string of the molecule is OC(C=CC[NH+]1CCCCC1)(c1ccccc1)c1ccccc1. The maximum Gasteiger partial charge on any atom is 0.133 e. The number of quaternary nitrogens is 1. The van der Waals surface area contributed by atoms with Crippen LogP contribution in [0.1, 0.15) is 30.4 Å². The van der Waals surface area contributed by atoms with E-state index >= 15 is 0 Å². The number of aliphatic hydroxyl groups is 1. The zero-order chi connectivity index (χ0) is 16.0. The van der Waals surface area contributed by atoms with Crippen molar-refractivity contribution in [1.29, 1.82) is 0 Å². The molecule has 2 aromatic carbocycles. The fourth-order valence-electron chi connectivity index (χ4n) is 3.40. The Morgan fingerprint density at radius 1 is 0.826 bits per heavy atom. The van der Waals surface area contributed by atoms with Crippen LogP contribution in [-0.4, -0.2) is 24.7 Å². The third kappa shape index (κ3) is 3.90. The van der Waals surface area contributed by atoms with Crippen molar-refractivity contribution >= 4 is 0 Å². The van der Waals surface area contributed by atoms with Gasteiger partial charge in [-0.15, -0.1) is 0 Å². The molecule has 0 aliphatic carbocycles. The minimum absolute atomic E-state index is 0.913. The van der Waals surface area contributed by atoms with E-state index in [1.165, 1.54) is 32.4 Å². The molecule has 120 valence electrons. The van der Waals surface area contributed by atoms with Gasteiger partial charge in [-0.1, -0.05) is 60.7 Å². The van der Waals surface area contributed by atoms with E-state index in [4.69, 9.17) is 0 Å². The van der Waals surface area contributed by atoms with E-state index in [9.17, 15) is 5.11 Å². The fourth-order valence-corrected chi connectivity index (χ4v) is 3.40. The van der Waals surface area contributed by atoms with E-state index in [0.29, 0.717) is 0 Å². The summed E-state index contributed by atoms with van der Waals surface area (Å²) in [6.07, 6.45) is 8.14. The molecule has 0 atom stereocenters. The first-order valence-corrected chi connectivity index (χ1v) is 8.64. The molecule has 0 unspecified atom stereocenters. The lowest BCUT2D eigenvalue weighted by Crippen LogP contribution is -3.12. The molecule has 2 heteroatoms. The van der Waals surface area contributed by atoms with Gasteiger partial charge in [-0.2, -0.15) is 0 Å². The molecule has 0 aromatic heterocycles. The third-order valence-electron chi connectivity index (χ3n) is 4.75. The Labute approximate surface area is 139 Å². The van der Waals surface area contributed by atoms with E-state index in [2.05, 4.69) is 6.08 Å². The lowest BCUT2D eigenvalue weighted by atomic mass is 9.86. The molecule has 0 amide bonds. The smallest absolute Gasteiger partial charge is 0.133 e. The quantitative estimate of drug-likeness (QED) is 0.815. The van der Waals surface area contributed by atoms with Crippen LogP contribution >= 0.6 is 0 Å². The standard InChI is InChI=1S/C21H25NO/c23-21(19-11-4-1-5-12-19,20-13-6-2-7-14-20)15-10-18-22-16-8-3-9-17-22/h1-2,4-7,10-15,23H,3,8-9,16-18H2/p+1. The van der Waals surface area contributed by atoms with Gasteiger partial charge in [0.2, 0.25) is 0 Å². The van der Waals surface area contributed by atoms with Crippen LogP contribution in [0.5, 0.6) is 0 Å². The Morgan fingerprint density at radius 2 is 1.35 bits per heavy atom. The van der Waals surface area contributed by atoms with Crippen molar-refractivity contribution in [2.45, 2.75) is 24.9 Å². The average molecular weight is 308 g/mol. The van der Waals surface area contributed by atoms with Crippen LogP contribution in [0.15, 0.2) is 72.8 Å². The molecular formula is C21H26NO+. The average Bonchev–Trinajstić information content (AvgIpc) is 2.64. The van der Waals surface area contributed by atoms with E-state index in [1.54, 1.807) is 4.90 Å². The van der Waals surface area contributed by atoms with Crippen molar-refractivity contribution in [3.05, 3.63) is 83.9 Å². The molecule has 1 aliphatic heterocycles. The van der Waals surface area contributed by atoms with Gasteiger partial charge in [0.05, 0.1) is 19.6 Å². The summed E-state index contributed by atoms with van der Waals surface area (Å²) < 4.78 is 0. The number of rotatable bonds is 5. The Hall–Kier alpha value is -1.90. The molecule has 0 spiro atoms. The zero-order valence-corrected chi connectivity index (χ0v) is 13.6. The van der Waals surface area contributed by atoms with Crippen molar-refractivity contribution < 1.29 is 10.0 Å². The highest BCUT2D eigenvalue weighted by Crippen LogP contribution is 2.30. The predicted molar refractivity (Wildman–Crippen MR) is 94.4 cm³/mol. The highest BCUT2D eigenvalue weighted by Gasteiger charge is 2.28. The zero-order valence-electron chi connectivity index (χ0n) is 13.6. The maximum atomic E-state index is 11.4. The largest absolute Gasteiger partial charge is 0.377 e. The molecular weight excluding hydrogens is 282 g/mol. The Balaban J connectivity index is 1.83. The van der Waals surface area contributed by atoms with Crippen LogP contribution in [0.3, 0.4) is 0 Å². The summed E-state index contributed by atoms with van der Waals surface area (Å²) in [4.78, 5) is 1.62. The number of likely N-dealkylation sites (tertiary alicyclic amines) is 1. The van der Waals surface area contributed by atoms with Gasteiger partial charge in [-0.05, 0) is 42.5 Å². The number of hydrogen-bond donors (Lipinski definition) is 2. The summed E-state index contributed by atoms with van der Waals surface area (Å²) in [6.45, 7) is 3.49.